The number of piperidine rings is 2. The molecule has 0 bridgehead atoms. The summed E-state index contributed by atoms with van der Waals surface area (Å²) in [4.78, 5) is 49.8. The van der Waals surface area contributed by atoms with Crippen LogP contribution in [0.1, 0.15) is 54.2 Å². The molecule has 2 aliphatic heterocycles. The van der Waals surface area contributed by atoms with Crippen LogP contribution in [-0.2, 0) is 29.4 Å². The van der Waals surface area contributed by atoms with Crippen molar-refractivity contribution in [2.45, 2.75) is 51.5 Å². The van der Waals surface area contributed by atoms with E-state index < -0.39 is 5.91 Å². The molecule has 12 nitrogen and oxygen atoms in total. The summed E-state index contributed by atoms with van der Waals surface area (Å²) in [6, 6.07) is 0.156. The Labute approximate surface area is 215 Å². The van der Waals surface area contributed by atoms with Crippen LogP contribution in [0.2, 0.25) is 0 Å². The fourth-order valence-electron chi connectivity index (χ4n) is 5.63. The summed E-state index contributed by atoms with van der Waals surface area (Å²) in [6.07, 6.45) is 5.90. The molecule has 3 amide bonds. The Balaban J connectivity index is 1.17. The van der Waals surface area contributed by atoms with E-state index >= 15 is 0 Å². The van der Waals surface area contributed by atoms with Crippen molar-refractivity contribution in [2.24, 2.45) is 18.7 Å². The van der Waals surface area contributed by atoms with Crippen LogP contribution in [0.4, 0.5) is 10.7 Å². The number of nitrogens with zero attached hydrogens (tertiary/aromatic N) is 6. The number of anilines is 1. The number of hydrogen-bond acceptors (Lipinski definition) is 8. The van der Waals surface area contributed by atoms with Crippen molar-refractivity contribution in [2.75, 3.05) is 38.1 Å². The van der Waals surface area contributed by atoms with Crippen LogP contribution in [0.3, 0.4) is 0 Å². The molecule has 5 rings (SSSR count). The van der Waals surface area contributed by atoms with Gasteiger partial charge in [-0.15, -0.1) is 0 Å². The number of likely N-dealkylation sites (tertiary alicyclic amines) is 2. The van der Waals surface area contributed by atoms with Crippen LogP contribution in [0.5, 0.6) is 0 Å². The number of primary amides is 1. The first kappa shape index (κ1) is 25.0. The first-order valence-electron chi connectivity index (χ1n) is 13.0. The van der Waals surface area contributed by atoms with Gasteiger partial charge in [0.15, 0.2) is 5.69 Å². The van der Waals surface area contributed by atoms with E-state index in [0.29, 0.717) is 63.7 Å². The highest BCUT2D eigenvalue weighted by atomic mass is 16.6. The lowest BCUT2D eigenvalue weighted by molar-refractivity contribution is -0.138. The number of nitrogens with two attached hydrogens (primary N) is 1. The number of aryl methyl sites for hydroxylation is 2. The maximum atomic E-state index is 13.1. The number of nitrogens with one attached hydrogen (secondary N) is 1. The molecule has 12 heteroatoms. The highest BCUT2D eigenvalue weighted by Crippen LogP contribution is 2.34. The minimum absolute atomic E-state index is 0.0439. The molecule has 3 N–H and O–H groups in total. The van der Waals surface area contributed by atoms with E-state index in [1.165, 1.54) is 0 Å². The van der Waals surface area contributed by atoms with Crippen LogP contribution < -0.4 is 11.1 Å². The van der Waals surface area contributed by atoms with Gasteiger partial charge >= 0.3 is 6.09 Å². The van der Waals surface area contributed by atoms with Gasteiger partial charge in [-0.3, -0.25) is 14.3 Å². The van der Waals surface area contributed by atoms with Crippen molar-refractivity contribution >= 4 is 23.9 Å². The molecule has 0 aromatic carbocycles. The first-order valence-corrected chi connectivity index (χ1v) is 13.0. The van der Waals surface area contributed by atoms with Gasteiger partial charge in [0.2, 0.25) is 11.9 Å². The summed E-state index contributed by atoms with van der Waals surface area (Å²) in [6.45, 7) is 4.62. The summed E-state index contributed by atoms with van der Waals surface area (Å²) in [7, 11) is 1.79. The molecule has 0 atom stereocenters. The third-order valence-corrected chi connectivity index (χ3v) is 7.62. The van der Waals surface area contributed by atoms with E-state index in [-0.39, 0.29) is 24.0 Å². The van der Waals surface area contributed by atoms with Crippen molar-refractivity contribution in [1.29, 1.82) is 0 Å². The van der Waals surface area contributed by atoms with E-state index in [1.807, 2.05) is 11.1 Å². The normalized spacial score (nSPS) is 18.2. The van der Waals surface area contributed by atoms with Crippen molar-refractivity contribution in [3.63, 3.8) is 0 Å². The number of ether oxygens (including phenoxy) is 1. The minimum Gasteiger partial charge on any atom is -0.450 e. The molecule has 0 unspecified atom stereocenters. The highest BCUT2D eigenvalue weighted by molar-refractivity contribution is 5.94. The fourth-order valence-corrected chi connectivity index (χ4v) is 5.63. The fraction of sp³-hybridized carbons (Fsp3) is 0.600. The Morgan fingerprint density at radius 2 is 1.78 bits per heavy atom. The summed E-state index contributed by atoms with van der Waals surface area (Å²) in [5, 5.41) is 7.76. The second-order valence-corrected chi connectivity index (χ2v) is 9.94. The van der Waals surface area contributed by atoms with Crippen LogP contribution in [-0.4, -0.2) is 86.3 Å². The van der Waals surface area contributed by atoms with Crippen LogP contribution >= 0.6 is 0 Å². The maximum absolute atomic E-state index is 13.1. The third-order valence-electron chi connectivity index (χ3n) is 7.62. The Kier molecular flexibility index (Phi) is 6.98. The minimum atomic E-state index is -0.529. The van der Waals surface area contributed by atoms with Gasteiger partial charge in [0.05, 0.1) is 18.0 Å². The van der Waals surface area contributed by atoms with Crippen molar-refractivity contribution < 1.29 is 19.1 Å². The Morgan fingerprint density at radius 3 is 2.46 bits per heavy atom. The van der Waals surface area contributed by atoms with Gasteiger partial charge in [0.25, 0.3) is 5.91 Å². The van der Waals surface area contributed by atoms with Crippen LogP contribution in [0.25, 0.3) is 11.4 Å². The summed E-state index contributed by atoms with van der Waals surface area (Å²) in [5.41, 5.74) is 9.29. The summed E-state index contributed by atoms with van der Waals surface area (Å²) < 4.78 is 6.74. The first-order chi connectivity index (χ1) is 17.9. The standard InChI is InChI=1S/C25H34N8O4/c1-3-37-25(36)33-10-6-15(7-11-33)23(35)32-12-8-17(9-13-32)28-24-27-14-16-4-5-18-20(22(26)34)30-31(2)21(18)19(16)29-24/h14-15,17H,3-13H2,1-2H3,(H2,26,34)(H,27,28,29). The number of amides is 3. The molecule has 37 heavy (non-hydrogen) atoms. The Hall–Kier alpha value is -3.70. The highest BCUT2D eigenvalue weighted by Gasteiger charge is 2.33. The molecular weight excluding hydrogens is 476 g/mol. The molecule has 0 radical (unpaired) electrons. The second kappa shape index (κ2) is 10.3. The van der Waals surface area contributed by atoms with Gasteiger partial charge in [0, 0.05) is 56.9 Å². The molecule has 4 heterocycles. The number of carbonyl (C=O) groups excluding carboxylic acids is 3. The largest absolute Gasteiger partial charge is 0.450 e. The summed E-state index contributed by atoms with van der Waals surface area (Å²) in [5.74, 6) is 0.140. The number of aromatic nitrogens is 4. The zero-order valence-corrected chi connectivity index (χ0v) is 21.4. The lowest BCUT2D eigenvalue weighted by atomic mass is 9.93. The number of carbonyl (C=O) groups is 3. The second-order valence-electron chi connectivity index (χ2n) is 9.94. The maximum Gasteiger partial charge on any atom is 0.409 e. The lowest BCUT2D eigenvalue weighted by Crippen LogP contribution is -2.48. The molecule has 3 aliphatic rings. The van der Waals surface area contributed by atoms with Crippen molar-refractivity contribution in [3.05, 3.63) is 23.0 Å². The van der Waals surface area contributed by atoms with E-state index in [4.69, 9.17) is 15.5 Å². The number of hydrogen-bond donors (Lipinski definition) is 2. The molecule has 2 saturated heterocycles. The third kappa shape index (κ3) is 4.96. The van der Waals surface area contributed by atoms with E-state index in [1.54, 1.807) is 23.6 Å². The zero-order valence-electron chi connectivity index (χ0n) is 21.4. The topological polar surface area (TPSA) is 149 Å². The van der Waals surface area contributed by atoms with Gasteiger partial charge in [-0.1, -0.05) is 0 Å². The molecule has 0 spiro atoms. The van der Waals surface area contributed by atoms with E-state index in [2.05, 4.69) is 15.4 Å². The Morgan fingerprint density at radius 1 is 1.08 bits per heavy atom. The van der Waals surface area contributed by atoms with Gasteiger partial charge < -0.3 is 25.6 Å². The number of fused-ring (bicyclic) bond motifs is 3. The molecule has 1 aliphatic carbocycles. The summed E-state index contributed by atoms with van der Waals surface area (Å²) >= 11 is 0. The molecule has 0 saturated carbocycles. The zero-order chi connectivity index (χ0) is 26.1. The van der Waals surface area contributed by atoms with Crippen molar-refractivity contribution in [1.82, 2.24) is 29.5 Å². The SMILES string of the molecule is CCOC(=O)N1CCC(C(=O)N2CCC(Nc3ncc4c(n3)-c3c(c(C(N)=O)nn3C)CC4)CC2)CC1. The quantitative estimate of drug-likeness (QED) is 0.612. The molecular formula is C25H34N8O4. The molecule has 2 fully saturated rings. The predicted octanol–water partition coefficient (Wildman–Crippen LogP) is 1.35. The van der Waals surface area contributed by atoms with Crippen LogP contribution in [0, 0.1) is 5.92 Å². The Bertz CT molecular complexity index is 1200. The number of rotatable bonds is 5. The van der Waals surface area contributed by atoms with E-state index in [0.717, 1.165) is 41.8 Å². The average molecular weight is 511 g/mol. The van der Waals surface area contributed by atoms with Crippen molar-refractivity contribution in [3.8, 4) is 11.4 Å². The van der Waals surface area contributed by atoms with Gasteiger partial charge in [0.1, 0.15) is 0 Å². The molecule has 2 aromatic rings. The van der Waals surface area contributed by atoms with Gasteiger partial charge in [-0.25, -0.2) is 14.8 Å². The molecule has 2 aromatic heterocycles. The lowest BCUT2D eigenvalue weighted by Gasteiger charge is -2.37. The smallest absolute Gasteiger partial charge is 0.409 e. The van der Waals surface area contributed by atoms with Crippen LogP contribution in [0.15, 0.2) is 6.20 Å². The average Bonchev–Trinajstić information content (AvgIpc) is 3.26. The van der Waals surface area contributed by atoms with Gasteiger partial charge in [-0.05, 0) is 51.0 Å². The molecule has 198 valence electrons. The monoisotopic (exact) mass is 510 g/mol. The van der Waals surface area contributed by atoms with Gasteiger partial charge in [-0.2, -0.15) is 5.10 Å². The van der Waals surface area contributed by atoms with E-state index in [9.17, 15) is 14.4 Å². The predicted molar refractivity (Wildman–Crippen MR) is 135 cm³/mol.